The molecular weight excluding hydrogens is 160 g/mol. The van der Waals surface area contributed by atoms with Gasteiger partial charge < -0.3 is 10.0 Å². The first-order valence-electron chi connectivity index (χ1n) is 3.65. The molecule has 1 aromatic heterocycles. The molecule has 0 spiro atoms. The molecule has 1 rings (SSSR count). The Kier molecular flexibility index (Phi) is 2.78. The van der Waals surface area contributed by atoms with E-state index in [2.05, 4.69) is 4.98 Å². The zero-order valence-electron chi connectivity index (χ0n) is 6.66. The van der Waals surface area contributed by atoms with Gasteiger partial charge in [0.2, 0.25) is 5.95 Å². The lowest BCUT2D eigenvalue weighted by atomic mass is 9.81. The highest BCUT2D eigenvalue weighted by molar-refractivity contribution is 6.58. The number of hydrogen-bond donors (Lipinski definition) is 2. The van der Waals surface area contributed by atoms with Gasteiger partial charge in [-0.1, -0.05) is 13.0 Å². The van der Waals surface area contributed by atoms with Crippen LogP contribution in [0.3, 0.4) is 0 Å². The van der Waals surface area contributed by atoms with Crippen molar-refractivity contribution in [3.63, 3.8) is 0 Å². The molecule has 0 saturated carbocycles. The largest absolute Gasteiger partial charge is 0.490 e. The van der Waals surface area contributed by atoms with Crippen molar-refractivity contribution >= 4 is 12.6 Å². The zero-order valence-corrected chi connectivity index (χ0v) is 6.66. The first kappa shape index (κ1) is 9.16. The maximum Gasteiger partial charge on any atom is 0.490 e. The van der Waals surface area contributed by atoms with Gasteiger partial charge in [0.15, 0.2) is 0 Å². The molecule has 1 heterocycles. The van der Waals surface area contributed by atoms with Crippen LogP contribution in [-0.2, 0) is 6.42 Å². The monoisotopic (exact) mass is 169 g/mol. The third-order valence-electron chi connectivity index (χ3n) is 1.61. The number of rotatable bonds is 2. The lowest BCUT2D eigenvalue weighted by molar-refractivity contribution is 0.425. The van der Waals surface area contributed by atoms with E-state index in [1.807, 2.05) is 0 Å². The Morgan fingerprint density at radius 1 is 1.58 bits per heavy atom. The van der Waals surface area contributed by atoms with Crippen LogP contribution >= 0.6 is 0 Å². The fraction of sp³-hybridized carbons (Fsp3) is 0.286. The normalized spacial score (nSPS) is 10.0. The van der Waals surface area contributed by atoms with Crippen LogP contribution in [0.2, 0.25) is 0 Å². The van der Waals surface area contributed by atoms with Crippen LogP contribution in [0.25, 0.3) is 0 Å². The number of aromatic nitrogens is 1. The van der Waals surface area contributed by atoms with Crippen molar-refractivity contribution in [1.29, 1.82) is 0 Å². The van der Waals surface area contributed by atoms with Gasteiger partial charge in [-0.05, 0) is 6.42 Å². The molecule has 0 atom stereocenters. The minimum Gasteiger partial charge on any atom is -0.423 e. The molecule has 0 radical (unpaired) electrons. The Labute approximate surface area is 70.0 Å². The van der Waals surface area contributed by atoms with Crippen LogP contribution in [0.1, 0.15) is 12.5 Å². The molecule has 0 aliphatic heterocycles. The SMILES string of the molecule is CCc1cc(B(O)O)cnc1F. The van der Waals surface area contributed by atoms with E-state index in [0.29, 0.717) is 12.0 Å². The molecule has 0 fully saturated rings. The number of hydrogen-bond acceptors (Lipinski definition) is 3. The molecule has 0 saturated heterocycles. The maximum absolute atomic E-state index is 12.8. The van der Waals surface area contributed by atoms with Crippen LogP contribution in [0.15, 0.2) is 12.3 Å². The average molecular weight is 169 g/mol. The molecule has 0 aliphatic rings. The fourth-order valence-corrected chi connectivity index (χ4v) is 0.901. The Morgan fingerprint density at radius 3 is 2.75 bits per heavy atom. The summed E-state index contributed by atoms with van der Waals surface area (Å²) in [4.78, 5) is 3.38. The van der Waals surface area contributed by atoms with E-state index in [0.717, 1.165) is 6.20 Å². The van der Waals surface area contributed by atoms with E-state index in [1.165, 1.54) is 6.07 Å². The Balaban J connectivity index is 3.05. The topological polar surface area (TPSA) is 53.4 Å². The smallest absolute Gasteiger partial charge is 0.423 e. The molecule has 0 amide bonds. The predicted molar refractivity (Wildman–Crippen MR) is 43.4 cm³/mol. The highest BCUT2D eigenvalue weighted by atomic mass is 19.1. The summed E-state index contributed by atoms with van der Waals surface area (Å²) in [6.07, 6.45) is 1.60. The zero-order chi connectivity index (χ0) is 9.14. The van der Waals surface area contributed by atoms with Gasteiger partial charge >= 0.3 is 7.12 Å². The Bertz CT molecular complexity index is 280. The van der Waals surface area contributed by atoms with Gasteiger partial charge in [0.25, 0.3) is 0 Å². The van der Waals surface area contributed by atoms with Crippen molar-refractivity contribution in [2.45, 2.75) is 13.3 Å². The minimum atomic E-state index is -1.58. The second kappa shape index (κ2) is 3.64. The molecule has 0 aliphatic carbocycles. The summed E-state index contributed by atoms with van der Waals surface area (Å²) < 4.78 is 12.8. The average Bonchev–Trinajstić information content (AvgIpc) is 2.05. The van der Waals surface area contributed by atoms with Crippen LogP contribution in [0.5, 0.6) is 0 Å². The molecule has 1 aromatic rings. The molecule has 12 heavy (non-hydrogen) atoms. The van der Waals surface area contributed by atoms with E-state index >= 15 is 0 Å². The van der Waals surface area contributed by atoms with E-state index in [4.69, 9.17) is 10.0 Å². The lowest BCUT2D eigenvalue weighted by Crippen LogP contribution is -2.30. The van der Waals surface area contributed by atoms with Crippen LogP contribution < -0.4 is 5.46 Å². The highest BCUT2D eigenvalue weighted by Crippen LogP contribution is 2.01. The summed E-state index contributed by atoms with van der Waals surface area (Å²) in [5.41, 5.74) is 0.605. The quantitative estimate of drug-likeness (QED) is 0.461. The van der Waals surface area contributed by atoms with Gasteiger partial charge in [0.05, 0.1) is 0 Å². The number of nitrogens with zero attached hydrogens (tertiary/aromatic N) is 1. The summed E-state index contributed by atoms with van der Waals surface area (Å²) >= 11 is 0. The molecule has 5 heteroatoms. The van der Waals surface area contributed by atoms with E-state index in [-0.39, 0.29) is 5.46 Å². The van der Waals surface area contributed by atoms with Gasteiger partial charge in [0, 0.05) is 17.2 Å². The third kappa shape index (κ3) is 1.81. The van der Waals surface area contributed by atoms with Gasteiger partial charge in [-0.2, -0.15) is 4.39 Å². The van der Waals surface area contributed by atoms with Crippen molar-refractivity contribution in [2.75, 3.05) is 0 Å². The minimum absolute atomic E-state index is 0.216. The maximum atomic E-state index is 12.8. The van der Waals surface area contributed by atoms with Crippen molar-refractivity contribution < 1.29 is 14.4 Å². The third-order valence-corrected chi connectivity index (χ3v) is 1.61. The molecule has 64 valence electrons. The van der Waals surface area contributed by atoms with Crippen LogP contribution in [0.4, 0.5) is 4.39 Å². The van der Waals surface area contributed by atoms with Crippen molar-refractivity contribution in [2.24, 2.45) is 0 Å². The first-order valence-corrected chi connectivity index (χ1v) is 3.65. The molecule has 0 bridgehead atoms. The van der Waals surface area contributed by atoms with E-state index < -0.39 is 13.1 Å². The molecule has 0 aromatic carbocycles. The van der Waals surface area contributed by atoms with E-state index in [1.54, 1.807) is 6.92 Å². The Morgan fingerprint density at radius 2 is 2.25 bits per heavy atom. The molecule has 0 unspecified atom stereocenters. The fourth-order valence-electron chi connectivity index (χ4n) is 0.901. The number of aryl methyl sites for hydroxylation is 1. The summed E-state index contributed by atoms with van der Waals surface area (Å²) in [5, 5.41) is 17.5. The lowest BCUT2D eigenvalue weighted by Gasteiger charge is -2.02. The number of halogens is 1. The molecule has 3 nitrogen and oxygen atoms in total. The second-order valence-corrected chi connectivity index (χ2v) is 2.45. The summed E-state index contributed by atoms with van der Waals surface area (Å²) in [5.74, 6) is -0.554. The van der Waals surface area contributed by atoms with Crippen LogP contribution in [-0.4, -0.2) is 22.2 Å². The van der Waals surface area contributed by atoms with Gasteiger partial charge in [0.1, 0.15) is 0 Å². The first-order chi connectivity index (χ1) is 5.65. The second-order valence-electron chi connectivity index (χ2n) is 2.45. The highest BCUT2D eigenvalue weighted by Gasteiger charge is 2.13. The predicted octanol–water partition coefficient (Wildman–Crippen LogP) is -0.537. The van der Waals surface area contributed by atoms with Crippen molar-refractivity contribution in [3.8, 4) is 0 Å². The van der Waals surface area contributed by atoms with Gasteiger partial charge in [-0.15, -0.1) is 0 Å². The van der Waals surface area contributed by atoms with Gasteiger partial charge in [-0.25, -0.2) is 4.98 Å². The van der Waals surface area contributed by atoms with Crippen molar-refractivity contribution in [3.05, 3.63) is 23.8 Å². The number of pyridine rings is 1. The standard InChI is InChI=1S/C7H9BFNO2/c1-2-5-3-6(8(11)12)4-10-7(5)9/h3-4,11-12H,2H2,1H3. The van der Waals surface area contributed by atoms with Crippen molar-refractivity contribution in [1.82, 2.24) is 4.98 Å². The Hall–Kier alpha value is -0.935. The molecule has 2 N–H and O–H groups in total. The molecular formula is C7H9BFNO2. The summed E-state index contributed by atoms with van der Waals surface area (Å²) in [6.45, 7) is 1.77. The summed E-state index contributed by atoms with van der Waals surface area (Å²) in [7, 11) is -1.58. The van der Waals surface area contributed by atoms with E-state index in [9.17, 15) is 4.39 Å². The summed E-state index contributed by atoms with van der Waals surface area (Å²) in [6, 6.07) is 1.40. The van der Waals surface area contributed by atoms with Gasteiger partial charge in [-0.3, -0.25) is 0 Å². The van der Waals surface area contributed by atoms with Crippen LogP contribution in [0, 0.1) is 5.95 Å².